The zero-order valence-corrected chi connectivity index (χ0v) is 12.2. The number of alkyl carbamates (subject to hydrolysis) is 1. The van der Waals surface area contributed by atoms with Crippen LogP contribution in [0, 0.1) is 0 Å². The van der Waals surface area contributed by atoms with E-state index in [1.54, 1.807) is 11.3 Å². The van der Waals surface area contributed by atoms with E-state index in [1.165, 1.54) is 4.70 Å². The maximum atomic E-state index is 11.5. The predicted molar refractivity (Wildman–Crippen MR) is 77.6 cm³/mol. The Labute approximate surface area is 116 Å². The Bertz CT molecular complexity index is 572. The summed E-state index contributed by atoms with van der Waals surface area (Å²) in [6, 6.07) is 6.19. The number of fused-ring (bicyclic) bond motifs is 1. The van der Waals surface area contributed by atoms with E-state index in [4.69, 9.17) is 4.74 Å². The summed E-state index contributed by atoms with van der Waals surface area (Å²) in [5.41, 5.74) is 3.56. The van der Waals surface area contributed by atoms with Gasteiger partial charge in [-0.15, -0.1) is 11.3 Å². The Morgan fingerprint density at radius 1 is 1.42 bits per heavy atom. The van der Waals surface area contributed by atoms with Crippen molar-refractivity contribution < 1.29 is 9.53 Å². The Kier molecular flexibility index (Phi) is 4.04. The number of amides is 1. The summed E-state index contributed by atoms with van der Waals surface area (Å²) in [7, 11) is 0. The third kappa shape index (κ3) is 4.21. The number of aromatic nitrogens is 1. The molecule has 102 valence electrons. The lowest BCUT2D eigenvalue weighted by molar-refractivity contribution is 0.0528. The second-order valence-corrected chi connectivity index (χ2v) is 6.22. The van der Waals surface area contributed by atoms with Gasteiger partial charge in [-0.25, -0.2) is 9.78 Å². The minimum atomic E-state index is -0.455. The molecule has 1 aromatic carbocycles. The monoisotopic (exact) mass is 278 g/mol. The molecule has 0 unspecified atom stereocenters. The quantitative estimate of drug-likeness (QED) is 0.936. The van der Waals surface area contributed by atoms with E-state index in [-0.39, 0.29) is 6.09 Å². The van der Waals surface area contributed by atoms with Gasteiger partial charge < -0.3 is 10.1 Å². The van der Waals surface area contributed by atoms with Crippen LogP contribution < -0.4 is 5.32 Å². The number of nitrogens with zero attached hydrogens (tertiary/aromatic N) is 1. The minimum absolute atomic E-state index is 0.373. The van der Waals surface area contributed by atoms with Crippen LogP contribution in [-0.4, -0.2) is 23.2 Å². The van der Waals surface area contributed by atoms with Crippen LogP contribution in [0.4, 0.5) is 4.79 Å². The van der Waals surface area contributed by atoms with E-state index in [9.17, 15) is 4.79 Å². The number of carbonyl (C=O) groups excluding carboxylic acids is 1. The van der Waals surface area contributed by atoms with Crippen LogP contribution in [0.25, 0.3) is 10.2 Å². The highest BCUT2D eigenvalue weighted by Crippen LogP contribution is 2.18. The summed E-state index contributed by atoms with van der Waals surface area (Å²) in [5, 5.41) is 2.75. The van der Waals surface area contributed by atoms with Crippen molar-refractivity contribution in [1.82, 2.24) is 10.3 Å². The largest absolute Gasteiger partial charge is 0.444 e. The summed E-state index contributed by atoms with van der Waals surface area (Å²) in [6.45, 7) is 6.11. The van der Waals surface area contributed by atoms with Crippen molar-refractivity contribution in [3.05, 3.63) is 29.3 Å². The molecule has 0 bridgehead atoms. The molecule has 0 fully saturated rings. The molecule has 5 heteroatoms. The first-order chi connectivity index (χ1) is 8.94. The molecule has 0 aliphatic heterocycles. The van der Waals surface area contributed by atoms with Crippen LogP contribution in [-0.2, 0) is 11.2 Å². The predicted octanol–water partition coefficient (Wildman–Crippen LogP) is 3.36. The lowest BCUT2D eigenvalue weighted by atomic mass is 10.1. The second kappa shape index (κ2) is 5.57. The van der Waals surface area contributed by atoms with E-state index >= 15 is 0 Å². The molecule has 4 nitrogen and oxygen atoms in total. The number of benzene rings is 1. The highest BCUT2D eigenvalue weighted by atomic mass is 32.1. The second-order valence-electron chi connectivity index (χ2n) is 5.33. The Morgan fingerprint density at radius 2 is 2.21 bits per heavy atom. The number of rotatable bonds is 3. The number of hydrogen-bond donors (Lipinski definition) is 1. The molecule has 0 saturated heterocycles. The van der Waals surface area contributed by atoms with Crippen molar-refractivity contribution in [3.63, 3.8) is 0 Å². The molecule has 1 aromatic heterocycles. The van der Waals surface area contributed by atoms with Gasteiger partial charge in [0.25, 0.3) is 0 Å². The maximum Gasteiger partial charge on any atom is 0.407 e. The Balaban J connectivity index is 1.83. The SMILES string of the molecule is CC(C)(C)OC(=O)NCCc1ccc2scnc2c1. The van der Waals surface area contributed by atoms with Crippen LogP contribution in [0.2, 0.25) is 0 Å². The van der Waals surface area contributed by atoms with Crippen molar-refractivity contribution in [2.75, 3.05) is 6.54 Å². The van der Waals surface area contributed by atoms with E-state index in [0.29, 0.717) is 6.54 Å². The van der Waals surface area contributed by atoms with Gasteiger partial charge >= 0.3 is 6.09 Å². The van der Waals surface area contributed by atoms with Crippen molar-refractivity contribution in [2.45, 2.75) is 32.8 Å². The Hall–Kier alpha value is -1.62. The van der Waals surface area contributed by atoms with Crippen LogP contribution in [0.5, 0.6) is 0 Å². The first kappa shape index (κ1) is 13.8. The number of ether oxygens (including phenoxy) is 1. The van der Waals surface area contributed by atoms with Gasteiger partial charge in [-0.1, -0.05) is 6.07 Å². The fourth-order valence-electron chi connectivity index (χ4n) is 1.68. The molecule has 1 heterocycles. The normalized spacial score (nSPS) is 11.5. The highest BCUT2D eigenvalue weighted by Gasteiger charge is 2.15. The van der Waals surface area contributed by atoms with Crippen LogP contribution in [0.15, 0.2) is 23.7 Å². The van der Waals surface area contributed by atoms with Crippen LogP contribution in [0.3, 0.4) is 0 Å². The standard InChI is InChI=1S/C14H18N2O2S/c1-14(2,3)18-13(17)15-7-6-10-4-5-12-11(8-10)16-9-19-12/h4-5,8-9H,6-7H2,1-3H3,(H,15,17). The third-order valence-electron chi connectivity index (χ3n) is 2.48. The molecule has 0 aliphatic carbocycles. The number of hydrogen-bond acceptors (Lipinski definition) is 4. The lowest BCUT2D eigenvalue weighted by Gasteiger charge is -2.19. The van der Waals surface area contributed by atoms with Gasteiger partial charge in [-0.05, 0) is 44.9 Å². The van der Waals surface area contributed by atoms with Gasteiger partial charge in [0.15, 0.2) is 0 Å². The molecule has 2 rings (SSSR count). The smallest absolute Gasteiger partial charge is 0.407 e. The highest BCUT2D eigenvalue weighted by molar-refractivity contribution is 7.16. The number of thiazole rings is 1. The van der Waals surface area contributed by atoms with Gasteiger partial charge in [-0.3, -0.25) is 0 Å². The van der Waals surface area contributed by atoms with Gasteiger partial charge in [0, 0.05) is 6.54 Å². The average molecular weight is 278 g/mol. The summed E-state index contributed by atoms with van der Waals surface area (Å²) in [5.74, 6) is 0. The number of carbonyl (C=O) groups is 1. The molecule has 0 saturated carbocycles. The third-order valence-corrected chi connectivity index (χ3v) is 3.29. The number of nitrogens with one attached hydrogen (secondary N) is 1. The minimum Gasteiger partial charge on any atom is -0.444 e. The van der Waals surface area contributed by atoms with Gasteiger partial charge in [0.2, 0.25) is 0 Å². The van der Waals surface area contributed by atoms with Gasteiger partial charge in [0.1, 0.15) is 5.60 Å². The molecular weight excluding hydrogens is 260 g/mol. The molecule has 1 amide bonds. The molecule has 2 aromatic rings. The van der Waals surface area contributed by atoms with E-state index in [0.717, 1.165) is 17.5 Å². The molecule has 0 spiro atoms. The maximum absolute atomic E-state index is 11.5. The van der Waals surface area contributed by atoms with Crippen molar-refractivity contribution in [3.8, 4) is 0 Å². The van der Waals surface area contributed by atoms with E-state index in [2.05, 4.69) is 28.5 Å². The molecule has 1 N–H and O–H groups in total. The zero-order chi connectivity index (χ0) is 13.9. The molecule has 19 heavy (non-hydrogen) atoms. The molecular formula is C14H18N2O2S. The molecule has 0 atom stereocenters. The zero-order valence-electron chi connectivity index (χ0n) is 11.4. The summed E-state index contributed by atoms with van der Waals surface area (Å²) >= 11 is 1.63. The van der Waals surface area contributed by atoms with Gasteiger partial charge in [0.05, 0.1) is 15.7 Å². The Morgan fingerprint density at radius 3 is 2.95 bits per heavy atom. The first-order valence-corrected chi connectivity index (χ1v) is 7.11. The lowest BCUT2D eigenvalue weighted by Crippen LogP contribution is -2.33. The first-order valence-electron chi connectivity index (χ1n) is 6.23. The molecule has 0 radical (unpaired) electrons. The van der Waals surface area contributed by atoms with Crippen LogP contribution in [0.1, 0.15) is 26.3 Å². The van der Waals surface area contributed by atoms with Crippen molar-refractivity contribution in [1.29, 1.82) is 0 Å². The topological polar surface area (TPSA) is 51.2 Å². The average Bonchev–Trinajstić information content (AvgIpc) is 2.73. The van der Waals surface area contributed by atoms with Gasteiger partial charge in [-0.2, -0.15) is 0 Å². The fraction of sp³-hybridized carbons (Fsp3) is 0.429. The van der Waals surface area contributed by atoms with E-state index in [1.807, 2.05) is 26.3 Å². The summed E-state index contributed by atoms with van der Waals surface area (Å²) in [6.07, 6.45) is 0.398. The fourth-order valence-corrected chi connectivity index (χ4v) is 2.34. The van der Waals surface area contributed by atoms with E-state index < -0.39 is 5.60 Å². The van der Waals surface area contributed by atoms with Crippen LogP contribution >= 0.6 is 11.3 Å². The summed E-state index contributed by atoms with van der Waals surface area (Å²) < 4.78 is 6.36. The van der Waals surface area contributed by atoms with Crippen molar-refractivity contribution in [2.24, 2.45) is 0 Å². The summed E-state index contributed by atoms with van der Waals surface area (Å²) in [4.78, 5) is 15.8. The molecule has 0 aliphatic rings. The van der Waals surface area contributed by atoms with Crippen molar-refractivity contribution >= 4 is 27.6 Å².